The normalized spacial score (nSPS) is 11.5. The van der Waals surface area contributed by atoms with Crippen LogP contribution in [0.25, 0.3) is 6.08 Å². The number of nitrogens with zero attached hydrogens (tertiary/aromatic N) is 4. The molecule has 0 unspecified atom stereocenters. The molecule has 1 heterocycles. The van der Waals surface area contributed by atoms with Gasteiger partial charge in [0.15, 0.2) is 0 Å². The first kappa shape index (κ1) is 20.1. The first-order valence-electron chi connectivity index (χ1n) is 8.33. The molecule has 0 spiro atoms. The summed E-state index contributed by atoms with van der Waals surface area (Å²) in [6.07, 6.45) is 3.20. The van der Waals surface area contributed by atoms with Crippen LogP contribution in [0, 0.1) is 12.7 Å². The second-order valence-corrected chi connectivity index (χ2v) is 6.79. The molecule has 5 nitrogen and oxygen atoms in total. The summed E-state index contributed by atoms with van der Waals surface area (Å²) in [4.78, 5) is 16.4. The van der Waals surface area contributed by atoms with Crippen LogP contribution in [0.4, 0.5) is 4.39 Å². The standard InChI is InChI=1S/C19H24ClFN4O/c1-14-17(19(20)24(4)22-14)9-10-18(26)25(12-11-23(2)3)13-15-5-7-16(21)8-6-15/h5-10H,11-13H2,1-4H3/b10-9+. The van der Waals surface area contributed by atoms with Gasteiger partial charge in [0.05, 0.1) is 5.69 Å². The summed E-state index contributed by atoms with van der Waals surface area (Å²) in [6, 6.07) is 6.19. The van der Waals surface area contributed by atoms with Crippen molar-refractivity contribution >= 4 is 23.6 Å². The van der Waals surface area contributed by atoms with Gasteiger partial charge in [-0.2, -0.15) is 5.10 Å². The predicted molar refractivity (Wildman–Crippen MR) is 102 cm³/mol. The van der Waals surface area contributed by atoms with Crippen LogP contribution in [0.2, 0.25) is 5.15 Å². The maximum atomic E-state index is 13.1. The van der Waals surface area contributed by atoms with Gasteiger partial charge in [-0.3, -0.25) is 9.48 Å². The fourth-order valence-electron chi connectivity index (χ4n) is 2.49. The largest absolute Gasteiger partial charge is 0.334 e. The Morgan fingerprint density at radius 3 is 2.46 bits per heavy atom. The molecule has 0 atom stereocenters. The van der Waals surface area contributed by atoms with Crippen molar-refractivity contribution in [2.45, 2.75) is 13.5 Å². The number of amides is 1. The molecule has 2 aromatic rings. The summed E-state index contributed by atoms with van der Waals surface area (Å²) in [7, 11) is 5.66. The molecule has 1 amide bonds. The van der Waals surface area contributed by atoms with Crippen LogP contribution in [0.5, 0.6) is 0 Å². The van der Waals surface area contributed by atoms with Gasteiger partial charge in [0.2, 0.25) is 5.91 Å². The number of halogens is 2. The number of aromatic nitrogens is 2. The fourth-order valence-corrected chi connectivity index (χ4v) is 2.73. The average molecular weight is 379 g/mol. The van der Waals surface area contributed by atoms with Gasteiger partial charge in [0, 0.05) is 38.3 Å². The third-order valence-corrected chi connectivity index (χ3v) is 4.45. The Labute approximate surface area is 158 Å². The molecule has 2 rings (SSSR count). The Morgan fingerprint density at radius 2 is 1.92 bits per heavy atom. The minimum atomic E-state index is -0.290. The Hall–Kier alpha value is -2.18. The van der Waals surface area contributed by atoms with Gasteiger partial charge < -0.3 is 9.80 Å². The van der Waals surface area contributed by atoms with E-state index in [4.69, 9.17) is 11.6 Å². The van der Waals surface area contributed by atoms with Gasteiger partial charge >= 0.3 is 0 Å². The molecule has 1 aromatic carbocycles. The topological polar surface area (TPSA) is 41.4 Å². The van der Waals surface area contributed by atoms with Gasteiger partial charge in [-0.1, -0.05) is 23.7 Å². The molecule has 0 saturated heterocycles. The molecule has 0 saturated carbocycles. The van der Waals surface area contributed by atoms with E-state index in [0.29, 0.717) is 18.2 Å². The number of rotatable bonds is 7. The maximum Gasteiger partial charge on any atom is 0.246 e. The van der Waals surface area contributed by atoms with Gasteiger partial charge in [-0.15, -0.1) is 0 Å². The van der Waals surface area contributed by atoms with Crippen molar-refractivity contribution < 1.29 is 9.18 Å². The molecular weight excluding hydrogens is 355 g/mol. The summed E-state index contributed by atoms with van der Waals surface area (Å²) in [6.45, 7) is 3.55. The molecule has 0 aliphatic carbocycles. The van der Waals surface area contributed by atoms with E-state index in [0.717, 1.165) is 23.4 Å². The molecule has 0 N–H and O–H groups in total. The van der Waals surface area contributed by atoms with Crippen molar-refractivity contribution in [3.63, 3.8) is 0 Å². The highest BCUT2D eigenvalue weighted by Gasteiger charge is 2.14. The molecule has 0 bridgehead atoms. The molecule has 140 valence electrons. The first-order valence-corrected chi connectivity index (χ1v) is 8.71. The minimum absolute atomic E-state index is 0.129. The number of hydrogen-bond acceptors (Lipinski definition) is 3. The second kappa shape index (κ2) is 8.96. The van der Waals surface area contributed by atoms with Gasteiger partial charge in [0.25, 0.3) is 0 Å². The van der Waals surface area contributed by atoms with Gasteiger partial charge in [-0.25, -0.2) is 4.39 Å². The van der Waals surface area contributed by atoms with Gasteiger partial charge in [-0.05, 0) is 44.8 Å². The van der Waals surface area contributed by atoms with E-state index in [1.807, 2.05) is 25.9 Å². The molecule has 1 aromatic heterocycles. The van der Waals surface area contributed by atoms with Crippen LogP contribution in [0.1, 0.15) is 16.8 Å². The first-order chi connectivity index (χ1) is 12.3. The van der Waals surface area contributed by atoms with Crippen LogP contribution in [0.3, 0.4) is 0 Å². The Kier molecular flexibility index (Phi) is 6.94. The van der Waals surface area contributed by atoms with Gasteiger partial charge in [0.1, 0.15) is 11.0 Å². The smallest absolute Gasteiger partial charge is 0.246 e. The van der Waals surface area contributed by atoms with Crippen LogP contribution >= 0.6 is 11.6 Å². The fraction of sp³-hybridized carbons (Fsp3) is 0.368. The van der Waals surface area contributed by atoms with E-state index in [1.165, 1.54) is 18.2 Å². The van der Waals surface area contributed by atoms with Crippen molar-refractivity contribution in [3.05, 3.63) is 58.1 Å². The van der Waals surface area contributed by atoms with Crippen molar-refractivity contribution in [1.82, 2.24) is 19.6 Å². The summed E-state index contributed by atoms with van der Waals surface area (Å²) in [5, 5.41) is 4.73. The predicted octanol–water partition coefficient (Wildman–Crippen LogP) is 3.12. The maximum absolute atomic E-state index is 13.1. The second-order valence-electron chi connectivity index (χ2n) is 6.44. The highest BCUT2D eigenvalue weighted by Crippen LogP contribution is 2.20. The number of aryl methyl sites for hydroxylation is 2. The van der Waals surface area contributed by atoms with Crippen molar-refractivity contribution in [2.75, 3.05) is 27.2 Å². The highest BCUT2D eigenvalue weighted by atomic mass is 35.5. The number of likely N-dealkylation sites (N-methyl/N-ethyl adjacent to an activating group) is 1. The third-order valence-electron chi connectivity index (χ3n) is 4.00. The molecule has 0 aliphatic heterocycles. The molecule has 26 heavy (non-hydrogen) atoms. The summed E-state index contributed by atoms with van der Waals surface area (Å²) in [5.41, 5.74) is 2.37. The molecule has 0 aliphatic rings. The van der Waals surface area contributed by atoms with Crippen LogP contribution < -0.4 is 0 Å². The number of benzene rings is 1. The monoisotopic (exact) mass is 378 g/mol. The SMILES string of the molecule is Cc1nn(C)c(Cl)c1/C=C/C(=O)N(CCN(C)C)Cc1ccc(F)cc1. The molecular formula is C19H24ClFN4O. The molecule has 7 heteroatoms. The Morgan fingerprint density at radius 1 is 1.27 bits per heavy atom. The lowest BCUT2D eigenvalue weighted by Crippen LogP contribution is -2.35. The lowest BCUT2D eigenvalue weighted by atomic mass is 10.2. The third kappa shape index (κ3) is 5.41. The zero-order valence-corrected chi connectivity index (χ0v) is 16.3. The molecule has 0 radical (unpaired) electrons. The van der Waals surface area contributed by atoms with Crippen LogP contribution in [-0.4, -0.2) is 52.7 Å². The van der Waals surface area contributed by atoms with Crippen molar-refractivity contribution in [2.24, 2.45) is 7.05 Å². The van der Waals surface area contributed by atoms with Crippen LogP contribution in [0.15, 0.2) is 30.3 Å². The summed E-state index contributed by atoms with van der Waals surface area (Å²) < 4.78 is 14.7. The van der Waals surface area contributed by atoms with E-state index in [9.17, 15) is 9.18 Å². The van der Waals surface area contributed by atoms with Crippen molar-refractivity contribution in [1.29, 1.82) is 0 Å². The zero-order valence-electron chi connectivity index (χ0n) is 15.5. The van der Waals surface area contributed by atoms with E-state index in [1.54, 1.807) is 34.8 Å². The van der Waals surface area contributed by atoms with E-state index < -0.39 is 0 Å². The lowest BCUT2D eigenvalue weighted by molar-refractivity contribution is -0.126. The summed E-state index contributed by atoms with van der Waals surface area (Å²) >= 11 is 6.21. The highest BCUT2D eigenvalue weighted by molar-refractivity contribution is 6.31. The number of carbonyl (C=O) groups excluding carboxylic acids is 1. The van der Waals surface area contributed by atoms with E-state index in [-0.39, 0.29) is 11.7 Å². The van der Waals surface area contributed by atoms with Crippen molar-refractivity contribution in [3.8, 4) is 0 Å². The average Bonchev–Trinajstić information content (AvgIpc) is 2.83. The minimum Gasteiger partial charge on any atom is -0.334 e. The number of carbonyl (C=O) groups is 1. The Bertz CT molecular complexity index is 784. The molecule has 0 fully saturated rings. The van der Waals surface area contributed by atoms with E-state index >= 15 is 0 Å². The zero-order chi connectivity index (χ0) is 19.3. The summed E-state index contributed by atoms with van der Waals surface area (Å²) in [5.74, 6) is -0.419. The lowest BCUT2D eigenvalue weighted by Gasteiger charge is -2.23. The van der Waals surface area contributed by atoms with E-state index in [2.05, 4.69) is 5.10 Å². The Balaban J connectivity index is 2.16. The number of hydrogen-bond donors (Lipinski definition) is 0. The van der Waals surface area contributed by atoms with Crippen LogP contribution in [-0.2, 0) is 18.4 Å². The quantitative estimate of drug-likeness (QED) is 0.695.